The van der Waals surface area contributed by atoms with Crippen LogP contribution < -0.4 is 0 Å². The second-order valence-corrected chi connectivity index (χ2v) is 21.3. The summed E-state index contributed by atoms with van der Waals surface area (Å²) in [5.41, 5.74) is 0. The molecule has 1 aliphatic heterocycles. The smallest absolute Gasteiger partial charge is 0.335 e. The number of carboxylic acids is 1. The summed E-state index contributed by atoms with van der Waals surface area (Å²) in [7, 11) is 0. The molecule has 79 heavy (non-hydrogen) atoms. The van der Waals surface area contributed by atoms with Crippen LogP contribution in [0.25, 0.3) is 0 Å². The first-order chi connectivity index (χ1) is 38.6. The Kier molecular flexibility index (Phi) is 50.3. The molecular formula is C67H112O12. The maximum Gasteiger partial charge on any atom is 0.335 e. The topological polar surface area (TPSA) is 175 Å². The number of aliphatic hydroxyl groups is 2. The summed E-state index contributed by atoms with van der Waals surface area (Å²) in [6.07, 6.45) is 58.3. The first-order valence-electron chi connectivity index (χ1n) is 31.6. The van der Waals surface area contributed by atoms with Crippen LogP contribution in [0, 0.1) is 0 Å². The molecule has 6 unspecified atom stereocenters. The Morgan fingerprint density at radius 2 is 0.797 bits per heavy atom. The molecule has 0 aromatic heterocycles. The summed E-state index contributed by atoms with van der Waals surface area (Å²) in [6.45, 7) is 5.77. The van der Waals surface area contributed by atoms with Gasteiger partial charge in [-0.15, -0.1) is 0 Å². The van der Waals surface area contributed by atoms with Crippen molar-refractivity contribution in [3.63, 3.8) is 0 Å². The van der Waals surface area contributed by atoms with Gasteiger partial charge in [0.25, 0.3) is 0 Å². The zero-order valence-electron chi connectivity index (χ0n) is 49.8. The molecule has 12 heteroatoms. The molecular weight excluding hydrogens is 997 g/mol. The van der Waals surface area contributed by atoms with E-state index >= 15 is 0 Å². The van der Waals surface area contributed by atoms with Gasteiger partial charge in [0.15, 0.2) is 24.6 Å². The van der Waals surface area contributed by atoms with Crippen LogP contribution in [0.4, 0.5) is 0 Å². The Morgan fingerprint density at radius 3 is 1.22 bits per heavy atom. The lowest BCUT2D eigenvalue weighted by Gasteiger charge is -2.40. The second-order valence-electron chi connectivity index (χ2n) is 21.3. The lowest BCUT2D eigenvalue weighted by molar-refractivity contribution is -0.301. The molecule has 0 amide bonds. The second kappa shape index (κ2) is 54.5. The minimum absolute atomic E-state index is 0.0283. The van der Waals surface area contributed by atoms with Gasteiger partial charge < -0.3 is 39.0 Å². The largest absolute Gasteiger partial charge is 0.479 e. The van der Waals surface area contributed by atoms with E-state index < -0.39 is 67.3 Å². The number of unbranched alkanes of at least 4 members (excludes halogenated alkanes) is 25. The van der Waals surface area contributed by atoms with Crippen molar-refractivity contribution in [3.05, 3.63) is 85.1 Å². The minimum atomic E-state index is -1.92. The number of aliphatic carboxylic acids is 1. The molecule has 0 saturated carbocycles. The SMILES string of the molecule is CC/C=C\C/C=C\C/C=C\C/C=C\CCCCCCC(=O)OC1C(OCC(COC(=O)CCCCCCCCCCCCCCCCCCC)OC(=O)CCCCCCC/C=C\C/C=C\C/C=C\CC)OC(C(=O)O)C(O)C1O. The Balaban J connectivity index is 2.69. The number of hydrogen-bond acceptors (Lipinski definition) is 11. The van der Waals surface area contributed by atoms with E-state index in [4.69, 9.17) is 23.7 Å². The molecule has 1 rings (SSSR count). The van der Waals surface area contributed by atoms with E-state index in [0.29, 0.717) is 19.3 Å². The summed E-state index contributed by atoms with van der Waals surface area (Å²) < 4.78 is 28.5. The first-order valence-corrected chi connectivity index (χ1v) is 31.6. The molecule has 12 nitrogen and oxygen atoms in total. The molecule has 1 heterocycles. The van der Waals surface area contributed by atoms with Crippen LogP contribution in [0.1, 0.15) is 265 Å². The number of hydrogen-bond donors (Lipinski definition) is 3. The maximum atomic E-state index is 13.2. The van der Waals surface area contributed by atoms with Gasteiger partial charge in [-0.3, -0.25) is 14.4 Å². The average Bonchev–Trinajstić information content (AvgIpc) is 3.43. The Morgan fingerprint density at radius 1 is 0.430 bits per heavy atom. The Hall–Kier alpha value is -4.10. The predicted octanol–water partition coefficient (Wildman–Crippen LogP) is 16.7. The highest BCUT2D eigenvalue weighted by atomic mass is 16.7. The Bertz CT molecular complexity index is 1700. The number of carboxylic acid groups (broad SMARTS) is 1. The number of ether oxygens (including phenoxy) is 5. The summed E-state index contributed by atoms with van der Waals surface area (Å²) in [5.74, 6) is -3.17. The molecule has 0 spiro atoms. The van der Waals surface area contributed by atoms with E-state index in [9.17, 15) is 34.5 Å². The number of esters is 3. The first kappa shape index (κ1) is 72.9. The van der Waals surface area contributed by atoms with Crippen molar-refractivity contribution in [2.75, 3.05) is 13.2 Å². The summed E-state index contributed by atoms with van der Waals surface area (Å²) in [4.78, 5) is 51.3. The highest BCUT2D eigenvalue weighted by molar-refractivity contribution is 5.74. The van der Waals surface area contributed by atoms with E-state index in [0.717, 1.165) is 122 Å². The van der Waals surface area contributed by atoms with Crippen LogP contribution in [-0.4, -0.2) is 89.2 Å². The number of carbonyl (C=O) groups excluding carboxylic acids is 3. The fourth-order valence-corrected chi connectivity index (χ4v) is 9.20. The quantitative estimate of drug-likeness (QED) is 0.0228. The van der Waals surface area contributed by atoms with Crippen LogP contribution in [0.5, 0.6) is 0 Å². The van der Waals surface area contributed by atoms with Gasteiger partial charge in [0.1, 0.15) is 18.8 Å². The van der Waals surface area contributed by atoms with Crippen LogP contribution >= 0.6 is 0 Å². The third-order valence-electron chi connectivity index (χ3n) is 14.0. The van der Waals surface area contributed by atoms with Crippen molar-refractivity contribution in [2.24, 2.45) is 0 Å². The molecule has 0 aliphatic carbocycles. The van der Waals surface area contributed by atoms with Gasteiger partial charge in [0.2, 0.25) is 0 Å². The van der Waals surface area contributed by atoms with Crippen molar-refractivity contribution in [1.29, 1.82) is 0 Å². The molecule has 0 radical (unpaired) electrons. The maximum absolute atomic E-state index is 13.2. The fourth-order valence-electron chi connectivity index (χ4n) is 9.20. The van der Waals surface area contributed by atoms with Crippen LogP contribution in [0.15, 0.2) is 85.1 Å². The molecule has 0 aromatic carbocycles. The predicted molar refractivity (Wildman–Crippen MR) is 321 cm³/mol. The van der Waals surface area contributed by atoms with Gasteiger partial charge in [0.05, 0.1) is 6.61 Å². The molecule has 452 valence electrons. The number of carbonyl (C=O) groups is 4. The van der Waals surface area contributed by atoms with Crippen molar-refractivity contribution < 1.29 is 58.2 Å². The monoisotopic (exact) mass is 1110 g/mol. The van der Waals surface area contributed by atoms with Gasteiger partial charge in [0, 0.05) is 19.3 Å². The summed E-state index contributed by atoms with van der Waals surface area (Å²) in [6, 6.07) is 0. The van der Waals surface area contributed by atoms with Crippen LogP contribution in [0.2, 0.25) is 0 Å². The van der Waals surface area contributed by atoms with E-state index in [1.165, 1.54) is 83.5 Å². The molecule has 1 aliphatic rings. The number of allylic oxidation sites excluding steroid dienone is 14. The van der Waals surface area contributed by atoms with E-state index in [1.54, 1.807) is 0 Å². The molecule has 6 atom stereocenters. The molecule has 1 fully saturated rings. The van der Waals surface area contributed by atoms with Crippen molar-refractivity contribution in [3.8, 4) is 0 Å². The molecule has 0 bridgehead atoms. The van der Waals surface area contributed by atoms with Crippen molar-refractivity contribution >= 4 is 23.9 Å². The minimum Gasteiger partial charge on any atom is -0.479 e. The summed E-state index contributed by atoms with van der Waals surface area (Å²) in [5, 5.41) is 31.5. The average molecular weight is 1110 g/mol. The van der Waals surface area contributed by atoms with Crippen molar-refractivity contribution in [2.45, 2.75) is 302 Å². The van der Waals surface area contributed by atoms with Gasteiger partial charge in [-0.1, -0.05) is 241 Å². The number of aliphatic hydroxyl groups excluding tert-OH is 2. The van der Waals surface area contributed by atoms with E-state index in [2.05, 4.69) is 106 Å². The normalized spacial score (nSPS) is 18.4. The van der Waals surface area contributed by atoms with E-state index in [-0.39, 0.29) is 25.9 Å². The van der Waals surface area contributed by atoms with Crippen LogP contribution in [-0.2, 0) is 42.9 Å². The standard InChI is InChI=1S/C67H112O12/c1-4-7-10-13-16-19-22-25-28-30-33-35-38-41-44-47-50-53-59(68)75-56-58(77-60(69)54-51-48-45-42-39-36-32-27-24-21-18-15-12-9-6-3)57-76-67-65(63(72)62(71)64(79-67)66(73)74)78-61(70)55-52-49-46-43-40-37-34-31-29-26-23-20-17-14-11-8-5-2/h8-9,11-12,17-18,20-21,26-27,29,32,34,37,58,62-65,67,71-72H,4-7,10,13-16,19,22-25,28,30-31,33,35-36,38-57H2,1-3H3,(H,73,74)/b11-8-,12-9-,20-17-,21-18-,29-26-,32-27-,37-34-. The van der Waals surface area contributed by atoms with Gasteiger partial charge >= 0.3 is 23.9 Å². The third-order valence-corrected chi connectivity index (χ3v) is 14.0. The highest BCUT2D eigenvalue weighted by Crippen LogP contribution is 2.26. The number of rotatable bonds is 53. The molecule has 3 N–H and O–H groups in total. The van der Waals surface area contributed by atoms with Gasteiger partial charge in [-0.05, 0) is 89.9 Å². The lowest BCUT2D eigenvalue weighted by Crippen LogP contribution is -2.61. The molecule has 1 saturated heterocycles. The molecule has 0 aromatic rings. The van der Waals surface area contributed by atoms with Gasteiger partial charge in [-0.2, -0.15) is 0 Å². The summed E-state index contributed by atoms with van der Waals surface area (Å²) >= 11 is 0. The highest BCUT2D eigenvalue weighted by Gasteiger charge is 2.50. The zero-order valence-corrected chi connectivity index (χ0v) is 49.8. The third kappa shape index (κ3) is 44.3. The van der Waals surface area contributed by atoms with E-state index in [1.807, 2.05) is 0 Å². The van der Waals surface area contributed by atoms with Crippen molar-refractivity contribution in [1.82, 2.24) is 0 Å². The Labute approximate surface area is 480 Å². The van der Waals surface area contributed by atoms with Crippen LogP contribution in [0.3, 0.4) is 0 Å². The zero-order chi connectivity index (χ0) is 57.5. The van der Waals surface area contributed by atoms with Gasteiger partial charge in [-0.25, -0.2) is 4.79 Å². The fraction of sp³-hybridized carbons (Fsp3) is 0.731. The lowest BCUT2D eigenvalue weighted by atomic mass is 9.98.